The van der Waals surface area contributed by atoms with Gasteiger partial charge in [-0.25, -0.2) is 0 Å². The first-order chi connectivity index (χ1) is 7.79. The minimum absolute atomic E-state index is 0.0473. The average molecular weight is 223 g/mol. The van der Waals surface area contributed by atoms with E-state index in [0.717, 1.165) is 13.1 Å². The van der Waals surface area contributed by atoms with Crippen LogP contribution < -0.4 is 10.6 Å². The maximum Gasteiger partial charge on any atom is 0.255 e. The molecule has 0 saturated carbocycles. The number of hydrogen-bond acceptors (Lipinski definition) is 4. The van der Waals surface area contributed by atoms with Crippen molar-refractivity contribution in [3.8, 4) is 0 Å². The smallest absolute Gasteiger partial charge is 0.255 e. The standard InChI is InChI=1S/C11H17N3O2/c1-12-9-10(3-2-8-15)11(16)14-6-4-13-5-7-14/h2-3,8-9,12-13H,4-7H2,1H3/b3-2-,10-9+. The summed E-state index contributed by atoms with van der Waals surface area (Å²) in [5.74, 6) is -0.0473. The molecule has 88 valence electrons. The molecular formula is C11H17N3O2. The van der Waals surface area contributed by atoms with E-state index in [2.05, 4.69) is 10.6 Å². The Balaban J connectivity index is 2.69. The van der Waals surface area contributed by atoms with E-state index in [4.69, 9.17) is 0 Å². The van der Waals surface area contributed by atoms with Gasteiger partial charge >= 0.3 is 0 Å². The summed E-state index contributed by atoms with van der Waals surface area (Å²) >= 11 is 0. The van der Waals surface area contributed by atoms with Gasteiger partial charge in [-0.2, -0.15) is 0 Å². The summed E-state index contributed by atoms with van der Waals surface area (Å²) in [5.41, 5.74) is 0.497. The highest BCUT2D eigenvalue weighted by Gasteiger charge is 2.18. The summed E-state index contributed by atoms with van der Waals surface area (Å²) in [7, 11) is 1.72. The van der Waals surface area contributed by atoms with E-state index in [-0.39, 0.29) is 5.91 Å². The second kappa shape index (κ2) is 6.79. The van der Waals surface area contributed by atoms with Gasteiger partial charge in [0.05, 0.1) is 5.57 Å². The summed E-state index contributed by atoms with van der Waals surface area (Å²) in [5, 5.41) is 5.98. The largest absolute Gasteiger partial charge is 0.393 e. The third-order valence-corrected chi connectivity index (χ3v) is 2.31. The van der Waals surface area contributed by atoms with E-state index in [9.17, 15) is 9.59 Å². The van der Waals surface area contributed by atoms with Crippen LogP contribution in [-0.4, -0.2) is 50.3 Å². The molecule has 1 amide bonds. The van der Waals surface area contributed by atoms with Gasteiger partial charge in [-0.05, 0) is 12.2 Å². The van der Waals surface area contributed by atoms with Crippen molar-refractivity contribution in [2.24, 2.45) is 0 Å². The fraction of sp³-hybridized carbons (Fsp3) is 0.455. The molecule has 5 nitrogen and oxygen atoms in total. The molecular weight excluding hydrogens is 206 g/mol. The van der Waals surface area contributed by atoms with Crippen molar-refractivity contribution in [1.29, 1.82) is 0 Å². The van der Waals surface area contributed by atoms with Gasteiger partial charge < -0.3 is 15.5 Å². The van der Waals surface area contributed by atoms with Gasteiger partial charge in [0.2, 0.25) is 0 Å². The zero-order valence-electron chi connectivity index (χ0n) is 9.40. The summed E-state index contributed by atoms with van der Waals surface area (Å²) in [6.45, 7) is 3.04. The van der Waals surface area contributed by atoms with Gasteiger partial charge in [0.25, 0.3) is 5.91 Å². The van der Waals surface area contributed by atoms with Crippen LogP contribution in [0.25, 0.3) is 0 Å². The second-order valence-electron chi connectivity index (χ2n) is 3.43. The monoisotopic (exact) mass is 223 g/mol. The number of carbonyl (C=O) groups is 2. The summed E-state index contributed by atoms with van der Waals surface area (Å²) in [6.07, 6.45) is 5.11. The number of nitrogens with zero attached hydrogens (tertiary/aromatic N) is 1. The van der Waals surface area contributed by atoms with E-state index in [0.29, 0.717) is 24.9 Å². The van der Waals surface area contributed by atoms with E-state index >= 15 is 0 Å². The van der Waals surface area contributed by atoms with Crippen LogP contribution in [-0.2, 0) is 9.59 Å². The van der Waals surface area contributed by atoms with Crippen LogP contribution in [0, 0.1) is 0 Å². The maximum absolute atomic E-state index is 12.0. The highest BCUT2D eigenvalue weighted by molar-refractivity contribution is 5.96. The molecule has 2 N–H and O–H groups in total. The molecule has 0 atom stereocenters. The Bertz CT molecular complexity index is 304. The number of rotatable bonds is 4. The number of aldehydes is 1. The lowest BCUT2D eigenvalue weighted by Crippen LogP contribution is -2.46. The lowest BCUT2D eigenvalue weighted by atomic mass is 10.2. The Morgan fingerprint density at radius 3 is 2.62 bits per heavy atom. The predicted molar refractivity (Wildman–Crippen MR) is 61.8 cm³/mol. The molecule has 0 bridgehead atoms. The minimum atomic E-state index is -0.0473. The average Bonchev–Trinajstić information content (AvgIpc) is 2.35. The SMILES string of the molecule is CN/C=C(\C=C/C=O)C(=O)N1CCNCC1. The normalized spacial score (nSPS) is 17.6. The van der Waals surface area contributed by atoms with Gasteiger partial charge in [0, 0.05) is 39.4 Å². The van der Waals surface area contributed by atoms with Crippen LogP contribution >= 0.6 is 0 Å². The van der Waals surface area contributed by atoms with Crippen molar-refractivity contribution in [2.75, 3.05) is 33.2 Å². The fourth-order valence-electron chi connectivity index (χ4n) is 1.53. The van der Waals surface area contributed by atoms with Crippen molar-refractivity contribution >= 4 is 12.2 Å². The number of carbonyl (C=O) groups excluding carboxylic acids is 2. The Morgan fingerprint density at radius 2 is 2.06 bits per heavy atom. The summed E-state index contributed by atoms with van der Waals surface area (Å²) in [4.78, 5) is 24.0. The molecule has 0 radical (unpaired) electrons. The fourth-order valence-corrected chi connectivity index (χ4v) is 1.53. The molecule has 1 fully saturated rings. The van der Waals surface area contributed by atoms with Crippen LogP contribution in [0.3, 0.4) is 0 Å². The van der Waals surface area contributed by atoms with E-state index < -0.39 is 0 Å². The van der Waals surface area contributed by atoms with Gasteiger partial charge in [-0.3, -0.25) is 9.59 Å². The van der Waals surface area contributed by atoms with E-state index in [1.165, 1.54) is 12.2 Å². The molecule has 1 rings (SSSR count). The van der Waals surface area contributed by atoms with Crippen molar-refractivity contribution in [3.05, 3.63) is 23.9 Å². The highest BCUT2D eigenvalue weighted by atomic mass is 16.2. The first-order valence-corrected chi connectivity index (χ1v) is 5.29. The Hall–Kier alpha value is -1.62. The van der Waals surface area contributed by atoms with Crippen LogP contribution in [0.15, 0.2) is 23.9 Å². The Morgan fingerprint density at radius 1 is 1.38 bits per heavy atom. The quantitative estimate of drug-likeness (QED) is 0.375. The molecule has 0 unspecified atom stereocenters. The lowest BCUT2D eigenvalue weighted by Gasteiger charge is -2.27. The summed E-state index contributed by atoms with van der Waals surface area (Å²) < 4.78 is 0. The third kappa shape index (κ3) is 3.51. The molecule has 0 aromatic carbocycles. The molecule has 0 aliphatic carbocycles. The molecule has 5 heteroatoms. The topological polar surface area (TPSA) is 61.4 Å². The highest BCUT2D eigenvalue weighted by Crippen LogP contribution is 2.04. The Labute approximate surface area is 95.2 Å². The molecule has 1 aliphatic rings. The van der Waals surface area contributed by atoms with E-state index in [1.807, 2.05) is 0 Å². The number of piperazine rings is 1. The van der Waals surface area contributed by atoms with Gasteiger partial charge in [0.15, 0.2) is 0 Å². The van der Waals surface area contributed by atoms with Gasteiger partial charge in [0.1, 0.15) is 6.29 Å². The van der Waals surface area contributed by atoms with Crippen molar-refractivity contribution in [3.63, 3.8) is 0 Å². The van der Waals surface area contributed by atoms with E-state index in [1.54, 1.807) is 18.1 Å². The lowest BCUT2D eigenvalue weighted by molar-refractivity contribution is -0.127. The van der Waals surface area contributed by atoms with Gasteiger partial charge in [-0.1, -0.05) is 0 Å². The zero-order valence-corrected chi connectivity index (χ0v) is 9.40. The van der Waals surface area contributed by atoms with Crippen LogP contribution in [0.4, 0.5) is 0 Å². The number of nitrogens with one attached hydrogen (secondary N) is 2. The van der Waals surface area contributed by atoms with Crippen LogP contribution in [0.2, 0.25) is 0 Å². The molecule has 1 heterocycles. The van der Waals surface area contributed by atoms with Gasteiger partial charge in [-0.15, -0.1) is 0 Å². The van der Waals surface area contributed by atoms with Crippen LogP contribution in [0.5, 0.6) is 0 Å². The maximum atomic E-state index is 12.0. The third-order valence-electron chi connectivity index (χ3n) is 2.31. The van der Waals surface area contributed by atoms with Crippen molar-refractivity contribution in [1.82, 2.24) is 15.5 Å². The summed E-state index contributed by atoms with van der Waals surface area (Å²) in [6, 6.07) is 0. The Kier molecular flexibility index (Phi) is 5.28. The predicted octanol–water partition coefficient (Wildman–Crippen LogP) is -0.723. The number of amides is 1. The second-order valence-corrected chi connectivity index (χ2v) is 3.43. The van der Waals surface area contributed by atoms with Crippen molar-refractivity contribution < 1.29 is 9.59 Å². The molecule has 1 aliphatic heterocycles. The minimum Gasteiger partial charge on any atom is -0.393 e. The first-order valence-electron chi connectivity index (χ1n) is 5.29. The molecule has 1 saturated heterocycles. The number of hydrogen-bond donors (Lipinski definition) is 2. The molecule has 0 aromatic heterocycles. The van der Waals surface area contributed by atoms with Crippen LogP contribution in [0.1, 0.15) is 0 Å². The molecule has 0 spiro atoms. The first kappa shape index (κ1) is 12.4. The zero-order chi connectivity index (χ0) is 11.8. The molecule has 16 heavy (non-hydrogen) atoms. The van der Waals surface area contributed by atoms with Crippen molar-refractivity contribution in [2.45, 2.75) is 0 Å². The number of allylic oxidation sites excluding steroid dienone is 1. The molecule has 0 aromatic rings.